The summed E-state index contributed by atoms with van der Waals surface area (Å²) in [6.45, 7) is 6.58. The fraction of sp³-hybridized carbons (Fsp3) is 0.571. The van der Waals surface area contributed by atoms with Gasteiger partial charge in [-0.1, -0.05) is 25.1 Å². The number of rotatable bonds is 3. The maximum Gasteiger partial charge on any atom is 0.0613 e. The Bertz CT molecular complexity index is 352. The highest BCUT2D eigenvalue weighted by Crippen LogP contribution is 2.45. The van der Waals surface area contributed by atoms with Crippen molar-refractivity contribution in [2.45, 2.75) is 39.0 Å². The summed E-state index contributed by atoms with van der Waals surface area (Å²) in [7, 11) is 0. The molecule has 0 nitrogen and oxygen atoms in total. The molecule has 1 aromatic rings. The Hall–Kier alpha value is -0.490. The van der Waals surface area contributed by atoms with Crippen molar-refractivity contribution in [3.8, 4) is 0 Å². The van der Waals surface area contributed by atoms with E-state index in [1.54, 1.807) is 0 Å². The molecule has 0 aliphatic heterocycles. The third-order valence-electron chi connectivity index (χ3n) is 3.68. The van der Waals surface area contributed by atoms with Crippen LogP contribution in [-0.4, -0.2) is 0 Å². The smallest absolute Gasteiger partial charge is 0.0613 e. The van der Waals surface area contributed by atoms with E-state index in [1.807, 2.05) is 0 Å². The lowest BCUT2D eigenvalue weighted by molar-refractivity contribution is 0.491. The van der Waals surface area contributed by atoms with E-state index in [0.717, 1.165) is 5.92 Å². The van der Waals surface area contributed by atoms with Gasteiger partial charge in [0.2, 0.25) is 0 Å². The van der Waals surface area contributed by atoms with Crippen LogP contribution in [-0.2, 0) is 0 Å². The second-order valence-corrected chi connectivity index (χ2v) is 5.41. The molecule has 15 heavy (non-hydrogen) atoms. The summed E-state index contributed by atoms with van der Waals surface area (Å²) in [5, 5.41) is 0.191. The van der Waals surface area contributed by atoms with Gasteiger partial charge < -0.3 is 0 Å². The predicted molar refractivity (Wildman–Crippen MR) is 66.4 cm³/mol. The Morgan fingerprint density at radius 1 is 1.20 bits per heavy atom. The maximum atomic E-state index is 6.52. The minimum atomic E-state index is 0.191. The molecular formula is C14H19Cl. The molecule has 0 amide bonds. The predicted octanol–water partition coefficient (Wildman–Crippen LogP) is 4.63. The minimum Gasteiger partial charge on any atom is -0.118 e. The summed E-state index contributed by atoms with van der Waals surface area (Å²) < 4.78 is 0. The fourth-order valence-corrected chi connectivity index (χ4v) is 2.44. The van der Waals surface area contributed by atoms with Gasteiger partial charge in [-0.05, 0) is 55.2 Å². The van der Waals surface area contributed by atoms with E-state index in [9.17, 15) is 0 Å². The number of hydrogen-bond acceptors (Lipinski definition) is 0. The number of alkyl halides is 1. The highest BCUT2D eigenvalue weighted by atomic mass is 35.5. The molecule has 0 saturated heterocycles. The Balaban J connectivity index is 2.17. The molecule has 0 bridgehead atoms. The van der Waals surface area contributed by atoms with Crippen molar-refractivity contribution in [2.24, 2.45) is 11.8 Å². The molecule has 82 valence electrons. The number of halogens is 1. The highest BCUT2D eigenvalue weighted by molar-refractivity contribution is 6.21. The van der Waals surface area contributed by atoms with E-state index in [1.165, 1.54) is 29.5 Å². The SMILES string of the molecule is Cc1ccc(C(Cl)C(C)C2CC2)cc1C. The van der Waals surface area contributed by atoms with E-state index < -0.39 is 0 Å². The van der Waals surface area contributed by atoms with Gasteiger partial charge in [0.15, 0.2) is 0 Å². The van der Waals surface area contributed by atoms with Crippen LogP contribution in [0.3, 0.4) is 0 Å². The van der Waals surface area contributed by atoms with Crippen molar-refractivity contribution >= 4 is 11.6 Å². The molecule has 0 radical (unpaired) electrons. The first-order valence-electron chi connectivity index (χ1n) is 5.81. The number of benzene rings is 1. The molecule has 0 N–H and O–H groups in total. The second-order valence-electron chi connectivity index (χ2n) is 4.94. The van der Waals surface area contributed by atoms with Crippen LogP contribution in [0, 0.1) is 25.7 Å². The van der Waals surface area contributed by atoms with E-state index in [2.05, 4.69) is 39.0 Å². The van der Waals surface area contributed by atoms with Crippen LogP contribution in [0.25, 0.3) is 0 Å². The van der Waals surface area contributed by atoms with Crippen LogP contribution in [0.2, 0.25) is 0 Å². The van der Waals surface area contributed by atoms with E-state index in [0.29, 0.717) is 5.92 Å². The number of aryl methyl sites for hydroxylation is 2. The van der Waals surface area contributed by atoms with E-state index in [-0.39, 0.29) is 5.38 Å². The van der Waals surface area contributed by atoms with Crippen LogP contribution in [0.5, 0.6) is 0 Å². The van der Waals surface area contributed by atoms with Crippen molar-refractivity contribution in [3.63, 3.8) is 0 Å². The van der Waals surface area contributed by atoms with Crippen molar-refractivity contribution in [1.29, 1.82) is 0 Å². The van der Waals surface area contributed by atoms with E-state index in [4.69, 9.17) is 11.6 Å². The van der Waals surface area contributed by atoms with Crippen molar-refractivity contribution < 1.29 is 0 Å². The lowest BCUT2D eigenvalue weighted by Crippen LogP contribution is -2.06. The van der Waals surface area contributed by atoms with Gasteiger partial charge in [0.1, 0.15) is 0 Å². The Morgan fingerprint density at radius 2 is 1.87 bits per heavy atom. The molecule has 1 saturated carbocycles. The Kier molecular flexibility index (Phi) is 3.06. The van der Waals surface area contributed by atoms with Crippen molar-refractivity contribution in [3.05, 3.63) is 34.9 Å². The Morgan fingerprint density at radius 3 is 2.40 bits per heavy atom. The van der Waals surface area contributed by atoms with Crippen molar-refractivity contribution in [1.82, 2.24) is 0 Å². The topological polar surface area (TPSA) is 0 Å². The summed E-state index contributed by atoms with van der Waals surface area (Å²) in [6, 6.07) is 6.60. The zero-order valence-electron chi connectivity index (χ0n) is 9.76. The third kappa shape index (κ3) is 2.36. The zero-order chi connectivity index (χ0) is 11.0. The Labute approximate surface area is 97.6 Å². The normalized spacial score (nSPS) is 20.0. The molecule has 0 spiro atoms. The quantitative estimate of drug-likeness (QED) is 0.655. The number of hydrogen-bond donors (Lipinski definition) is 0. The molecule has 0 heterocycles. The molecule has 1 aromatic carbocycles. The van der Waals surface area contributed by atoms with Gasteiger partial charge >= 0.3 is 0 Å². The van der Waals surface area contributed by atoms with Gasteiger partial charge in [-0.15, -0.1) is 11.6 Å². The van der Waals surface area contributed by atoms with Crippen LogP contribution in [0.4, 0.5) is 0 Å². The first-order valence-corrected chi connectivity index (χ1v) is 6.24. The standard InChI is InChI=1S/C14H19Cl/c1-9-4-5-13(8-10(9)2)14(15)11(3)12-6-7-12/h4-5,8,11-12,14H,6-7H2,1-3H3. The maximum absolute atomic E-state index is 6.52. The zero-order valence-corrected chi connectivity index (χ0v) is 10.5. The van der Waals surface area contributed by atoms with Gasteiger partial charge in [0.25, 0.3) is 0 Å². The molecule has 1 heteroatoms. The fourth-order valence-electron chi connectivity index (χ4n) is 2.10. The molecule has 0 aromatic heterocycles. The van der Waals surface area contributed by atoms with Gasteiger partial charge in [-0.3, -0.25) is 0 Å². The van der Waals surface area contributed by atoms with Gasteiger partial charge in [0, 0.05) is 0 Å². The van der Waals surface area contributed by atoms with Crippen LogP contribution in [0.15, 0.2) is 18.2 Å². The van der Waals surface area contributed by atoms with Crippen LogP contribution < -0.4 is 0 Å². The summed E-state index contributed by atoms with van der Waals surface area (Å²) >= 11 is 6.52. The van der Waals surface area contributed by atoms with Gasteiger partial charge in [0.05, 0.1) is 5.38 Å². The monoisotopic (exact) mass is 222 g/mol. The highest BCUT2D eigenvalue weighted by Gasteiger charge is 2.33. The van der Waals surface area contributed by atoms with Crippen LogP contribution >= 0.6 is 11.6 Å². The summed E-state index contributed by atoms with van der Waals surface area (Å²) in [4.78, 5) is 0. The molecule has 1 fully saturated rings. The first-order chi connectivity index (χ1) is 7.09. The van der Waals surface area contributed by atoms with Gasteiger partial charge in [-0.2, -0.15) is 0 Å². The first kappa shape index (κ1) is 11.0. The largest absolute Gasteiger partial charge is 0.118 e. The average molecular weight is 223 g/mol. The molecule has 1 aliphatic carbocycles. The van der Waals surface area contributed by atoms with Crippen molar-refractivity contribution in [2.75, 3.05) is 0 Å². The van der Waals surface area contributed by atoms with Crippen LogP contribution in [0.1, 0.15) is 41.8 Å². The minimum absolute atomic E-state index is 0.191. The molecule has 2 atom stereocenters. The molecule has 2 unspecified atom stereocenters. The lowest BCUT2D eigenvalue weighted by atomic mass is 9.94. The second kappa shape index (κ2) is 4.17. The third-order valence-corrected chi connectivity index (χ3v) is 4.33. The van der Waals surface area contributed by atoms with Gasteiger partial charge in [-0.25, -0.2) is 0 Å². The summed E-state index contributed by atoms with van der Waals surface area (Å²) in [5.41, 5.74) is 3.99. The average Bonchev–Trinajstić information content (AvgIpc) is 3.03. The molecular weight excluding hydrogens is 204 g/mol. The summed E-state index contributed by atoms with van der Waals surface area (Å²) in [5.74, 6) is 1.49. The van der Waals surface area contributed by atoms with E-state index >= 15 is 0 Å². The lowest BCUT2D eigenvalue weighted by Gasteiger charge is -2.18. The molecule has 2 rings (SSSR count). The summed E-state index contributed by atoms with van der Waals surface area (Å²) in [6.07, 6.45) is 2.74. The molecule has 1 aliphatic rings.